The molecule has 0 aromatic heterocycles. The number of carbonyl (C=O) groups is 1. The van der Waals surface area contributed by atoms with Gasteiger partial charge >= 0.3 is 5.97 Å². The van der Waals surface area contributed by atoms with Crippen molar-refractivity contribution < 1.29 is 9.53 Å². The van der Waals surface area contributed by atoms with Crippen molar-refractivity contribution in [1.29, 1.82) is 0 Å². The highest BCUT2D eigenvalue weighted by Crippen LogP contribution is 2.38. The molecule has 3 nitrogen and oxygen atoms in total. The van der Waals surface area contributed by atoms with Crippen molar-refractivity contribution >= 4 is 34.7 Å². The van der Waals surface area contributed by atoms with E-state index in [1.54, 1.807) is 0 Å². The predicted molar refractivity (Wildman–Crippen MR) is 105 cm³/mol. The van der Waals surface area contributed by atoms with Gasteiger partial charge in [0.15, 0.2) is 0 Å². The van der Waals surface area contributed by atoms with E-state index in [2.05, 4.69) is 36.1 Å². The van der Waals surface area contributed by atoms with E-state index in [1.807, 2.05) is 6.08 Å². The first-order chi connectivity index (χ1) is 12.1. The van der Waals surface area contributed by atoms with Gasteiger partial charge in [-0.05, 0) is 36.5 Å². The van der Waals surface area contributed by atoms with Crippen molar-refractivity contribution in [2.75, 3.05) is 13.7 Å². The van der Waals surface area contributed by atoms with Crippen LogP contribution in [0.5, 0.6) is 0 Å². The highest BCUT2D eigenvalue weighted by atomic mass is 35.5. The Morgan fingerprint density at radius 1 is 1.36 bits per heavy atom. The molecule has 0 spiro atoms. The fourth-order valence-electron chi connectivity index (χ4n) is 3.42. The monoisotopic (exact) mass is 375 g/mol. The minimum atomic E-state index is -0.287. The average Bonchev–Trinajstić information content (AvgIpc) is 3.16. The van der Waals surface area contributed by atoms with Gasteiger partial charge in [-0.2, -0.15) is 0 Å². The smallest absolute Gasteiger partial charge is 0.335 e. The van der Waals surface area contributed by atoms with Gasteiger partial charge in [0.05, 0.1) is 17.5 Å². The van der Waals surface area contributed by atoms with Crippen LogP contribution in [-0.2, 0) is 16.0 Å². The number of hydrogen-bond donors (Lipinski definition) is 0. The van der Waals surface area contributed by atoms with E-state index in [9.17, 15) is 4.79 Å². The molecule has 25 heavy (non-hydrogen) atoms. The van der Waals surface area contributed by atoms with Crippen LogP contribution in [0.2, 0.25) is 0 Å². The Bertz CT molecular complexity index is 751. The van der Waals surface area contributed by atoms with Crippen LogP contribution in [0.4, 0.5) is 0 Å². The summed E-state index contributed by atoms with van der Waals surface area (Å²) in [6.07, 6.45) is 5.99. The van der Waals surface area contributed by atoms with Crippen molar-refractivity contribution in [3.8, 4) is 0 Å². The number of methoxy groups -OCH3 is 1. The summed E-state index contributed by atoms with van der Waals surface area (Å²) in [5, 5.41) is 0.663. The highest BCUT2D eigenvalue weighted by molar-refractivity contribution is 7.81. The van der Waals surface area contributed by atoms with Crippen LogP contribution in [-0.4, -0.2) is 35.4 Å². The van der Waals surface area contributed by atoms with Crippen molar-refractivity contribution in [3.63, 3.8) is 0 Å². The van der Waals surface area contributed by atoms with Gasteiger partial charge in [-0.15, -0.1) is 0 Å². The van der Waals surface area contributed by atoms with Crippen LogP contribution in [0.25, 0.3) is 0 Å². The summed E-state index contributed by atoms with van der Waals surface area (Å²) >= 11 is 12.2. The van der Waals surface area contributed by atoms with Gasteiger partial charge in [-0.25, -0.2) is 4.79 Å². The summed E-state index contributed by atoms with van der Waals surface area (Å²) < 4.78 is 4.87. The van der Waals surface area contributed by atoms with E-state index in [0.717, 1.165) is 29.1 Å². The fraction of sp³-hybridized carbons (Fsp3) is 0.400. The second-order valence-corrected chi connectivity index (χ2v) is 7.27. The Balaban J connectivity index is 1.81. The molecule has 1 unspecified atom stereocenters. The largest absolute Gasteiger partial charge is 0.466 e. The zero-order valence-electron chi connectivity index (χ0n) is 14.5. The molecule has 1 atom stereocenters. The Morgan fingerprint density at radius 2 is 2.08 bits per heavy atom. The van der Waals surface area contributed by atoms with E-state index < -0.39 is 0 Å². The minimum Gasteiger partial charge on any atom is -0.466 e. The average molecular weight is 376 g/mol. The Labute approximate surface area is 159 Å². The van der Waals surface area contributed by atoms with Gasteiger partial charge in [0.1, 0.15) is 6.04 Å². The highest BCUT2D eigenvalue weighted by Gasteiger charge is 2.39. The molecule has 0 radical (unpaired) electrons. The molecule has 0 saturated heterocycles. The minimum absolute atomic E-state index is 0.171. The summed E-state index contributed by atoms with van der Waals surface area (Å²) in [6, 6.07) is 8.28. The van der Waals surface area contributed by atoms with E-state index in [0.29, 0.717) is 17.0 Å². The molecule has 0 amide bonds. The third kappa shape index (κ3) is 3.51. The maximum absolute atomic E-state index is 11.9. The first kappa shape index (κ1) is 18.2. The number of nitrogens with zero attached hydrogens (tertiary/aromatic N) is 1. The van der Waals surface area contributed by atoms with E-state index in [4.69, 9.17) is 28.6 Å². The second kappa shape index (κ2) is 7.71. The van der Waals surface area contributed by atoms with Crippen LogP contribution in [0.3, 0.4) is 0 Å². The van der Waals surface area contributed by atoms with Crippen LogP contribution in [0.1, 0.15) is 37.3 Å². The molecule has 1 aromatic carbocycles. The third-order valence-electron chi connectivity index (χ3n) is 4.81. The molecule has 0 fully saturated rings. The lowest BCUT2D eigenvalue weighted by atomic mass is 10.0. The summed E-state index contributed by atoms with van der Waals surface area (Å²) in [7, 11) is 1.40. The number of thiocarbonyl (C=S) groups is 1. The van der Waals surface area contributed by atoms with E-state index >= 15 is 0 Å². The van der Waals surface area contributed by atoms with Crippen LogP contribution in [0.15, 0.2) is 46.6 Å². The molecule has 3 rings (SSSR count). The van der Waals surface area contributed by atoms with Gasteiger partial charge in [0.2, 0.25) is 0 Å². The number of ether oxygens (including phenoxy) is 1. The molecule has 5 heteroatoms. The number of aryl methyl sites for hydroxylation is 1. The number of allylic oxidation sites excluding steroid dienone is 1. The van der Waals surface area contributed by atoms with Crippen LogP contribution < -0.4 is 0 Å². The van der Waals surface area contributed by atoms with Crippen molar-refractivity contribution in [3.05, 3.63) is 57.8 Å². The lowest BCUT2D eigenvalue weighted by Crippen LogP contribution is -2.35. The summed E-state index contributed by atoms with van der Waals surface area (Å²) in [6.45, 7) is 2.92. The molecule has 2 aliphatic heterocycles. The van der Waals surface area contributed by atoms with Gasteiger partial charge in [-0.1, -0.05) is 61.4 Å². The zero-order valence-corrected chi connectivity index (χ0v) is 16.1. The first-order valence-corrected chi connectivity index (χ1v) is 9.43. The maximum atomic E-state index is 11.9. The Kier molecular flexibility index (Phi) is 5.60. The number of esters is 1. The molecule has 2 heterocycles. The molecule has 132 valence electrons. The number of fused-ring (bicyclic) bond motifs is 1. The molecular weight excluding hydrogens is 354 g/mol. The van der Waals surface area contributed by atoms with Crippen molar-refractivity contribution in [1.82, 2.24) is 4.90 Å². The van der Waals surface area contributed by atoms with Gasteiger partial charge in [0.25, 0.3) is 0 Å². The lowest BCUT2D eigenvalue weighted by Gasteiger charge is -2.26. The zero-order chi connectivity index (χ0) is 18.0. The topological polar surface area (TPSA) is 29.5 Å². The molecular formula is C20H22ClNO2S. The Hall–Kier alpha value is -1.65. The van der Waals surface area contributed by atoms with Gasteiger partial charge in [0, 0.05) is 17.3 Å². The number of benzene rings is 1. The van der Waals surface area contributed by atoms with E-state index in [1.165, 1.54) is 25.5 Å². The second-order valence-electron chi connectivity index (χ2n) is 6.40. The molecule has 0 bridgehead atoms. The molecule has 0 N–H and O–H groups in total. The fourth-order valence-corrected chi connectivity index (χ4v) is 4.21. The van der Waals surface area contributed by atoms with Crippen LogP contribution >= 0.6 is 23.8 Å². The van der Waals surface area contributed by atoms with Crippen LogP contribution in [0, 0.1) is 0 Å². The number of rotatable bonds is 6. The van der Waals surface area contributed by atoms with Crippen molar-refractivity contribution in [2.45, 2.75) is 38.6 Å². The lowest BCUT2D eigenvalue weighted by molar-refractivity contribution is -0.136. The summed E-state index contributed by atoms with van der Waals surface area (Å²) in [5.41, 5.74) is 3.88. The number of carbonyl (C=O) groups excluding carboxylic acids is 1. The first-order valence-electron chi connectivity index (χ1n) is 8.65. The number of hydrogen-bond acceptors (Lipinski definition) is 4. The van der Waals surface area contributed by atoms with E-state index in [-0.39, 0.29) is 12.0 Å². The number of unbranched alkanes of at least 4 members (excludes halogenated alkanes) is 1. The maximum Gasteiger partial charge on any atom is 0.335 e. The quantitative estimate of drug-likeness (QED) is 0.419. The summed E-state index contributed by atoms with van der Waals surface area (Å²) in [5.74, 6) is -0.287. The van der Waals surface area contributed by atoms with Gasteiger partial charge < -0.3 is 9.64 Å². The Morgan fingerprint density at radius 3 is 2.72 bits per heavy atom. The molecule has 1 aromatic rings. The normalized spacial score (nSPS) is 19.1. The SMILES string of the molecule is CCCCc1ccc(C(=S)C2C(Cl)=CC3=C(C(=O)OC)CCN32)cc1. The van der Waals surface area contributed by atoms with Crippen molar-refractivity contribution in [2.24, 2.45) is 0 Å². The molecule has 0 aliphatic carbocycles. The summed E-state index contributed by atoms with van der Waals surface area (Å²) in [4.78, 5) is 14.8. The molecule has 0 saturated carbocycles. The molecule has 2 aliphatic rings. The predicted octanol–water partition coefficient (Wildman–Crippen LogP) is 4.38. The van der Waals surface area contributed by atoms with Gasteiger partial charge in [-0.3, -0.25) is 0 Å². The number of halogens is 1. The third-order valence-corrected chi connectivity index (χ3v) is 5.58. The standard InChI is InChI=1S/C20H22ClNO2S/c1-3-4-5-13-6-8-14(9-7-13)19(25)18-16(21)12-17-15(20(23)24-2)10-11-22(17)18/h6-9,12,18H,3-5,10-11H2,1-2H3.